The minimum Gasteiger partial charge on any atom is -0.393 e. The molecule has 2 heteroatoms. The van der Waals surface area contributed by atoms with Gasteiger partial charge in [0.05, 0.1) is 6.61 Å². The van der Waals surface area contributed by atoms with Crippen LogP contribution in [0.1, 0.15) is 19.3 Å². The lowest BCUT2D eigenvalue weighted by molar-refractivity contribution is 0.165. The van der Waals surface area contributed by atoms with Gasteiger partial charge in [-0.15, -0.1) is 0 Å². The van der Waals surface area contributed by atoms with E-state index in [9.17, 15) is 4.39 Å². The van der Waals surface area contributed by atoms with E-state index in [4.69, 9.17) is 5.11 Å². The van der Waals surface area contributed by atoms with Crippen LogP contribution in [-0.4, -0.2) is 17.9 Å². The second kappa shape index (κ2) is 2.44. The second-order valence-electron chi connectivity index (χ2n) is 2.46. The second-order valence-corrected chi connectivity index (χ2v) is 2.46. The fourth-order valence-corrected chi connectivity index (χ4v) is 0.790. The Kier molecular flexibility index (Phi) is 1.84. The van der Waals surface area contributed by atoms with Gasteiger partial charge in [-0.3, -0.25) is 0 Å². The van der Waals surface area contributed by atoms with Crippen LogP contribution in [0.15, 0.2) is 0 Å². The Morgan fingerprint density at radius 1 is 1.62 bits per heavy atom. The van der Waals surface area contributed by atoms with Crippen molar-refractivity contribution < 1.29 is 9.50 Å². The third-order valence-corrected chi connectivity index (χ3v) is 1.48. The monoisotopic (exact) mass is 118 g/mol. The van der Waals surface area contributed by atoms with Gasteiger partial charge < -0.3 is 5.11 Å². The Morgan fingerprint density at radius 2 is 2.25 bits per heavy atom. The Balaban J connectivity index is 1.98. The SMILES string of the molecule is OCC(F)CC1CC1. The van der Waals surface area contributed by atoms with Crippen LogP contribution in [0.5, 0.6) is 0 Å². The number of halogens is 1. The van der Waals surface area contributed by atoms with Gasteiger partial charge in [0.15, 0.2) is 0 Å². The molecule has 1 saturated carbocycles. The van der Waals surface area contributed by atoms with Crippen LogP contribution < -0.4 is 0 Å². The van der Waals surface area contributed by atoms with Crippen LogP contribution in [0.4, 0.5) is 4.39 Å². The third-order valence-electron chi connectivity index (χ3n) is 1.48. The van der Waals surface area contributed by atoms with Crippen LogP contribution >= 0.6 is 0 Å². The molecule has 0 aliphatic heterocycles. The van der Waals surface area contributed by atoms with E-state index in [0.29, 0.717) is 12.3 Å². The minimum absolute atomic E-state index is 0.295. The molecule has 1 N–H and O–H groups in total. The van der Waals surface area contributed by atoms with Crippen molar-refractivity contribution in [3.63, 3.8) is 0 Å². The van der Waals surface area contributed by atoms with Crippen molar-refractivity contribution in [3.05, 3.63) is 0 Å². The molecule has 1 atom stereocenters. The number of rotatable bonds is 3. The van der Waals surface area contributed by atoms with Crippen LogP contribution in [0.3, 0.4) is 0 Å². The van der Waals surface area contributed by atoms with Crippen LogP contribution in [0.2, 0.25) is 0 Å². The third kappa shape index (κ3) is 1.78. The van der Waals surface area contributed by atoms with Crippen LogP contribution in [0.25, 0.3) is 0 Å². The molecule has 0 spiro atoms. The van der Waals surface area contributed by atoms with E-state index >= 15 is 0 Å². The largest absolute Gasteiger partial charge is 0.393 e. The summed E-state index contributed by atoms with van der Waals surface area (Å²) in [4.78, 5) is 0. The van der Waals surface area contributed by atoms with Gasteiger partial charge in [-0.2, -0.15) is 0 Å². The molecule has 1 fully saturated rings. The number of aliphatic hydroxyl groups is 1. The summed E-state index contributed by atoms with van der Waals surface area (Å²) < 4.78 is 12.2. The maximum absolute atomic E-state index is 12.2. The lowest BCUT2D eigenvalue weighted by atomic mass is 10.2. The highest BCUT2D eigenvalue weighted by Gasteiger charge is 2.24. The summed E-state index contributed by atoms with van der Waals surface area (Å²) in [5.41, 5.74) is 0. The van der Waals surface area contributed by atoms with Gasteiger partial charge in [0.1, 0.15) is 6.17 Å². The first kappa shape index (κ1) is 6.02. The lowest BCUT2D eigenvalue weighted by Gasteiger charge is -1.99. The molecule has 0 bridgehead atoms. The maximum Gasteiger partial charge on any atom is 0.123 e. The highest BCUT2D eigenvalue weighted by molar-refractivity contribution is 4.75. The van der Waals surface area contributed by atoms with Gasteiger partial charge in [0.2, 0.25) is 0 Å². The van der Waals surface area contributed by atoms with E-state index in [2.05, 4.69) is 0 Å². The first-order valence-corrected chi connectivity index (χ1v) is 3.08. The van der Waals surface area contributed by atoms with Gasteiger partial charge in [0, 0.05) is 0 Å². The minimum atomic E-state index is -0.956. The van der Waals surface area contributed by atoms with Crippen molar-refractivity contribution in [2.75, 3.05) is 6.61 Å². The quantitative estimate of drug-likeness (QED) is 0.588. The van der Waals surface area contributed by atoms with E-state index in [1.807, 2.05) is 0 Å². The molecule has 1 rings (SSSR count). The number of alkyl halides is 1. The molecule has 1 unspecified atom stereocenters. The zero-order chi connectivity index (χ0) is 5.98. The molecule has 1 nitrogen and oxygen atoms in total. The molecule has 0 aromatic carbocycles. The number of aliphatic hydroxyl groups excluding tert-OH is 1. The summed E-state index contributed by atoms with van der Waals surface area (Å²) in [6.07, 6.45) is 1.96. The first-order valence-electron chi connectivity index (χ1n) is 3.08. The summed E-state index contributed by atoms with van der Waals surface area (Å²) in [6, 6.07) is 0. The highest BCUT2D eigenvalue weighted by Crippen LogP contribution is 2.33. The van der Waals surface area contributed by atoms with Crippen LogP contribution in [-0.2, 0) is 0 Å². The summed E-state index contributed by atoms with van der Waals surface area (Å²) in [5.74, 6) is 0.595. The molecule has 0 amide bonds. The molecule has 0 aromatic heterocycles. The molecule has 8 heavy (non-hydrogen) atoms. The van der Waals surface area contributed by atoms with Crippen molar-refractivity contribution >= 4 is 0 Å². The Labute approximate surface area is 48.5 Å². The fourth-order valence-electron chi connectivity index (χ4n) is 0.790. The van der Waals surface area contributed by atoms with Crippen molar-refractivity contribution in [2.45, 2.75) is 25.4 Å². The molecule has 48 valence electrons. The lowest BCUT2D eigenvalue weighted by Crippen LogP contribution is -2.05. The maximum atomic E-state index is 12.2. The summed E-state index contributed by atoms with van der Waals surface area (Å²) in [7, 11) is 0. The van der Waals surface area contributed by atoms with E-state index in [1.165, 1.54) is 12.8 Å². The van der Waals surface area contributed by atoms with Crippen molar-refractivity contribution in [1.29, 1.82) is 0 Å². The van der Waals surface area contributed by atoms with Gasteiger partial charge in [-0.25, -0.2) is 4.39 Å². The van der Waals surface area contributed by atoms with Gasteiger partial charge in [-0.05, 0) is 12.3 Å². The molecule has 0 radical (unpaired) electrons. The van der Waals surface area contributed by atoms with Crippen LogP contribution in [0, 0.1) is 5.92 Å². The standard InChI is InChI=1S/C6H11FO/c7-6(4-8)3-5-1-2-5/h5-6,8H,1-4H2. The predicted octanol–water partition coefficient (Wildman–Crippen LogP) is 1.12. The van der Waals surface area contributed by atoms with Crippen molar-refractivity contribution in [3.8, 4) is 0 Å². The summed E-state index contributed by atoms with van der Waals surface area (Å²) in [6.45, 7) is -0.295. The van der Waals surface area contributed by atoms with Gasteiger partial charge >= 0.3 is 0 Å². The molecule has 1 aliphatic rings. The topological polar surface area (TPSA) is 20.2 Å². The van der Waals surface area contributed by atoms with E-state index in [0.717, 1.165) is 0 Å². The predicted molar refractivity (Wildman–Crippen MR) is 29.3 cm³/mol. The van der Waals surface area contributed by atoms with E-state index < -0.39 is 6.17 Å². The van der Waals surface area contributed by atoms with Crippen molar-refractivity contribution in [2.24, 2.45) is 5.92 Å². The fraction of sp³-hybridized carbons (Fsp3) is 1.00. The molecule has 0 aromatic rings. The molecule has 1 aliphatic carbocycles. The van der Waals surface area contributed by atoms with Gasteiger partial charge in [-0.1, -0.05) is 12.8 Å². The molecular weight excluding hydrogens is 107 g/mol. The Hall–Kier alpha value is -0.110. The average Bonchev–Trinajstić information content (AvgIpc) is 2.50. The number of hydrogen-bond donors (Lipinski definition) is 1. The normalized spacial score (nSPS) is 23.2. The van der Waals surface area contributed by atoms with Gasteiger partial charge in [0.25, 0.3) is 0 Å². The number of hydrogen-bond acceptors (Lipinski definition) is 1. The van der Waals surface area contributed by atoms with E-state index in [-0.39, 0.29) is 6.61 Å². The zero-order valence-corrected chi connectivity index (χ0v) is 4.81. The first-order chi connectivity index (χ1) is 3.83. The smallest absolute Gasteiger partial charge is 0.123 e. The molecule has 0 saturated heterocycles. The summed E-state index contributed by atoms with van der Waals surface area (Å²) in [5, 5.41) is 8.24. The summed E-state index contributed by atoms with van der Waals surface area (Å²) >= 11 is 0. The Bertz CT molecular complexity index is 70.9. The molecule has 0 heterocycles. The zero-order valence-electron chi connectivity index (χ0n) is 4.81. The Morgan fingerprint density at radius 3 is 2.62 bits per heavy atom. The van der Waals surface area contributed by atoms with Crippen molar-refractivity contribution in [1.82, 2.24) is 0 Å². The van der Waals surface area contributed by atoms with E-state index in [1.54, 1.807) is 0 Å². The highest BCUT2D eigenvalue weighted by atomic mass is 19.1. The molecular formula is C6H11FO. The average molecular weight is 118 g/mol.